The molecule has 1 unspecified atom stereocenters. The fourth-order valence-electron chi connectivity index (χ4n) is 2.28. The molecule has 21 heavy (non-hydrogen) atoms. The van der Waals surface area contributed by atoms with Crippen molar-refractivity contribution in [3.63, 3.8) is 0 Å². The number of nitrogens with one attached hydrogen (secondary N) is 1. The van der Waals surface area contributed by atoms with Gasteiger partial charge in [-0.25, -0.2) is 8.78 Å². The average molecular weight is 291 g/mol. The van der Waals surface area contributed by atoms with Crippen LogP contribution in [0.5, 0.6) is 5.75 Å². The van der Waals surface area contributed by atoms with E-state index in [4.69, 9.17) is 4.74 Å². The quantitative estimate of drug-likeness (QED) is 0.886. The molecule has 0 saturated heterocycles. The monoisotopic (exact) mass is 291 g/mol. The van der Waals surface area contributed by atoms with E-state index in [0.717, 1.165) is 12.1 Å². The van der Waals surface area contributed by atoms with Gasteiger partial charge in [0.25, 0.3) is 0 Å². The van der Waals surface area contributed by atoms with Gasteiger partial charge in [0.2, 0.25) is 0 Å². The molecule has 2 nitrogen and oxygen atoms in total. The van der Waals surface area contributed by atoms with Crippen LogP contribution in [0.4, 0.5) is 8.78 Å². The van der Waals surface area contributed by atoms with Gasteiger partial charge in [-0.2, -0.15) is 0 Å². The molecule has 0 fully saturated rings. The van der Waals surface area contributed by atoms with Crippen LogP contribution in [0.2, 0.25) is 0 Å². The second kappa shape index (κ2) is 6.68. The normalized spacial score (nSPS) is 12.2. The van der Waals surface area contributed by atoms with Crippen molar-refractivity contribution in [2.75, 3.05) is 13.7 Å². The number of ether oxygens (including phenoxy) is 1. The highest BCUT2D eigenvalue weighted by Gasteiger charge is 2.14. The van der Waals surface area contributed by atoms with E-state index in [0.29, 0.717) is 5.75 Å². The first kappa shape index (κ1) is 15.4. The third-order valence-corrected chi connectivity index (χ3v) is 3.47. The van der Waals surface area contributed by atoms with Crippen LogP contribution >= 0.6 is 0 Å². The number of benzene rings is 2. The molecular weight excluding hydrogens is 272 g/mol. The third-order valence-electron chi connectivity index (χ3n) is 3.47. The van der Waals surface area contributed by atoms with Crippen molar-refractivity contribution in [1.29, 1.82) is 0 Å². The number of methoxy groups -OCH3 is 1. The number of hydrogen-bond acceptors (Lipinski definition) is 2. The van der Waals surface area contributed by atoms with E-state index in [1.54, 1.807) is 18.2 Å². The van der Waals surface area contributed by atoms with Crippen LogP contribution in [-0.2, 0) is 0 Å². The van der Waals surface area contributed by atoms with Crippen LogP contribution in [0, 0.1) is 11.6 Å². The Hall–Kier alpha value is -1.94. The Kier molecular flexibility index (Phi) is 4.91. The van der Waals surface area contributed by atoms with Gasteiger partial charge >= 0.3 is 0 Å². The van der Waals surface area contributed by atoms with Gasteiger partial charge < -0.3 is 10.1 Å². The summed E-state index contributed by atoms with van der Waals surface area (Å²) in [6.45, 7) is 4.81. The van der Waals surface area contributed by atoms with Crippen LogP contribution in [0.3, 0.4) is 0 Å². The molecule has 1 atom stereocenters. The summed E-state index contributed by atoms with van der Waals surface area (Å²) in [4.78, 5) is 0. The van der Waals surface area contributed by atoms with Gasteiger partial charge in [-0.1, -0.05) is 13.0 Å². The molecule has 1 N–H and O–H groups in total. The maximum atomic E-state index is 14.1. The molecule has 0 spiro atoms. The molecule has 2 aromatic rings. The second-order valence-corrected chi connectivity index (χ2v) is 4.86. The van der Waals surface area contributed by atoms with Gasteiger partial charge in [0.05, 0.1) is 7.11 Å². The molecule has 0 saturated carbocycles. The van der Waals surface area contributed by atoms with E-state index in [2.05, 4.69) is 5.32 Å². The molecule has 0 aliphatic rings. The molecule has 2 rings (SSSR count). The Balaban J connectivity index is 2.45. The smallest absolute Gasteiger partial charge is 0.134 e. The van der Waals surface area contributed by atoms with Crippen molar-refractivity contribution in [3.05, 3.63) is 53.6 Å². The maximum absolute atomic E-state index is 14.1. The fraction of sp³-hybridized carbons (Fsp3) is 0.294. The standard InChI is InChI=1S/C17H19F2NO/c1-4-20-11(2)12-5-8-16(18)15(9-12)14-7-6-13(21-3)10-17(14)19/h5-11,20H,4H2,1-3H3. The fourth-order valence-corrected chi connectivity index (χ4v) is 2.28. The van der Waals surface area contributed by atoms with Crippen molar-refractivity contribution in [2.24, 2.45) is 0 Å². The summed E-state index contributed by atoms with van der Waals surface area (Å²) in [6, 6.07) is 9.28. The minimum Gasteiger partial charge on any atom is -0.497 e. The number of hydrogen-bond donors (Lipinski definition) is 1. The summed E-state index contributed by atoms with van der Waals surface area (Å²) in [7, 11) is 1.47. The first-order valence-electron chi connectivity index (χ1n) is 6.93. The highest BCUT2D eigenvalue weighted by atomic mass is 19.1. The topological polar surface area (TPSA) is 21.3 Å². The molecule has 0 heterocycles. The third kappa shape index (κ3) is 3.39. The van der Waals surface area contributed by atoms with Crippen molar-refractivity contribution >= 4 is 0 Å². The lowest BCUT2D eigenvalue weighted by molar-refractivity contribution is 0.411. The lowest BCUT2D eigenvalue weighted by Crippen LogP contribution is -2.17. The first-order valence-corrected chi connectivity index (χ1v) is 6.93. The van der Waals surface area contributed by atoms with Crippen molar-refractivity contribution in [1.82, 2.24) is 5.32 Å². The highest BCUT2D eigenvalue weighted by Crippen LogP contribution is 2.30. The molecule has 4 heteroatoms. The highest BCUT2D eigenvalue weighted by molar-refractivity contribution is 5.66. The van der Waals surface area contributed by atoms with E-state index in [-0.39, 0.29) is 17.2 Å². The van der Waals surface area contributed by atoms with E-state index in [1.807, 2.05) is 13.8 Å². The van der Waals surface area contributed by atoms with E-state index in [1.165, 1.54) is 25.3 Å². The van der Waals surface area contributed by atoms with Gasteiger partial charge in [-0.05, 0) is 43.3 Å². The van der Waals surface area contributed by atoms with Crippen LogP contribution in [0.15, 0.2) is 36.4 Å². The first-order chi connectivity index (χ1) is 10.1. The SMILES string of the molecule is CCNC(C)c1ccc(F)c(-c2ccc(OC)cc2F)c1. The number of rotatable bonds is 5. The Morgan fingerprint density at radius 1 is 1.05 bits per heavy atom. The Bertz CT molecular complexity index is 628. The Morgan fingerprint density at radius 2 is 1.81 bits per heavy atom. The molecule has 0 amide bonds. The molecule has 112 valence electrons. The van der Waals surface area contributed by atoms with Crippen LogP contribution < -0.4 is 10.1 Å². The van der Waals surface area contributed by atoms with Crippen LogP contribution in [-0.4, -0.2) is 13.7 Å². The summed E-state index contributed by atoms with van der Waals surface area (Å²) in [5, 5.41) is 3.26. The molecular formula is C17H19F2NO. The van der Waals surface area contributed by atoms with Gasteiger partial charge in [-0.3, -0.25) is 0 Å². The zero-order valence-corrected chi connectivity index (χ0v) is 12.4. The van der Waals surface area contributed by atoms with Gasteiger partial charge in [0, 0.05) is 23.2 Å². The molecule has 2 aromatic carbocycles. The van der Waals surface area contributed by atoms with E-state index < -0.39 is 11.6 Å². The average Bonchev–Trinajstić information content (AvgIpc) is 2.48. The largest absolute Gasteiger partial charge is 0.497 e. The molecule has 0 radical (unpaired) electrons. The Labute approximate surface area is 123 Å². The Morgan fingerprint density at radius 3 is 2.43 bits per heavy atom. The van der Waals surface area contributed by atoms with Crippen LogP contribution in [0.25, 0.3) is 11.1 Å². The minimum absolute atomic E-state index is 0.0793. The summed E-state index contributed by atoms with van der Waals surface area (Å²) in [5.74, 6) is -0.526. The molecule has 0 aromatic heterocycles. The molecule has 0 bridgehead atoms. The summed E-state index contributed by atoms with van der Waals surface area (Å²) >= 11 is 0. The lowest BCUT2D eigenvalue weighted by Gasteiger charge is -2.15. The molecule has 0 aliphatic heterocycles. The predicted octanol–water partition coefficient (Wildman–Crippen LogP) is 4.31. The van der Waals surface area contributed by atoms with E-state index >= 15 is 0 Å². The summed E-state index contributed by atoms with van der Waals surface area (Å²) in [5.41, 5.74) is 1.42. The zero-order valence-electron chi connectivity index (χ0n) is 12.4. The van der Waals surface area contributed by atoms with Gasteiger partial charge in [0.1, 0.15) is 17.4 Å². The van der Waals surface area contributed by atoms with Gasteiger partial charge in [-0.15, -0.1) is 0 Å². The predicted molar refractivity (Wildman–Crippen MR) is 80.4 cm³/mol. The molecule has 0 aliphatic carbocycles. The minimum atomic E-state index is -0.499. The van der Waals surface area contributed by atoms with Gasteiger partial charge in [0.15, 0.2) is 0 Å². The van der Waals surface area contributed by atoms with Crippen molar-refractivity contribution < 1.29 is 13.5 Å². The van der Waals surface area contributed by atoms with E-state index in [9.17, 15) is 8.78 Å². The summed E-state index contributed by atoms with van der Waals surface area (Å²) in [6.07, 6.45) is 0. The second-order valence-electron chi connectivity index (χ2n) is 4.86. The van der Waals surface area contributed by atoms with Crippen molar-refractivity contribution in [3.8, 4) is 16.9 Å². The maximum Gasteiger partial charge on any atom is 0.134 e. The lowest BCUT2D eigenvalue weighted by atomic mass is 9.99. The summed E-state index contributed by atoms with van der Waals surface area (Å²) < 4.78 is 33.1. The number of halogens is 2. The zero-order chi connectivity index (χ0) is 15.4. The van der Waals surface area contributed by atoms with Crippen LogP contribution in [0.1, 0.15) is 25.5 Å². The van der Waals surface area contributed by atoms with Crippen molar-refractivity contribution in [2.45, 2.75) is 19.9 Å².